The van der Waals surface area contributed by atoms with Crippen molar-refractivity contribution in [2.24, 2.45) is 5.73 Å². The number of nitrogens with zero attached hydrogens (tertiary/aromatic N) is 1. The molecule has 4 rings (SSSR count). The van der Waals surface area contributed by atoms with Gasteiger partial charge >= 0.3 is 18.4 Å². The van der Waals surface area contributed by atoms with Crippen LogP contribution in [0.3, 0.4) is 0 Å². The summed E-state index contributed by atoms with van der Waals surface area (Å²) in [4.78, 5) is 14.1. The lowest BCUT2D eigenvalue weighted by molar-refractivity contribution is -0.143. The normalized spacial score (nSPS) is 24.7. The molecule has 2 aromatic carbocycles. The molecule has 11 heteroatoms. The van der Waals surface area contributed by atoms with Gasteiger partial charge < -0.3 is 20.7 Å². The Labute approximate surface area is 217 Å². The maximum Gasteiger partial charge on any atom is 0.416 e. The van der Waals surface area contributed by atoms with E-state index < -0.39 is 40.5 Å². The van der Waals surface area contributed by atoms with E-state index in [4.69, 9.17) is 10.5 Å². The van der Waals surface area contributed by atoms with E-state index in [1.807, 2.05) is 30.3 Å². The highest BCUT2D eigenvalue weighted by Gasteiger charge is 2.54. The molecular formula is C27H31F6N3O2. The Kier molecular flexibility index (Phi) is 7.73. The molecule has 1 unspecified atom stereocenters. The first-order valence-corrected chi connectivity index (χ1v) is 12.5. The number of alkyl halides is 6. The minimum atomic E-state index is -4.94. The zero-order chi connectivity index (χ0) is 27.8. The number of carbonyl (C=O) groups is 1. The predicted molar refractivity (Wildman–Crippen MR) is 129 cm³/mol. The third-order valence-corrected chi connectivity index (χ3v) is 7.44. The summed E-state index contributed by atoms with van der Waals surface area (Å²) in [6.07, 6.45) is -8.14. The van der Waals surface area contributed by atoms with Crippen LogP contribution in [-0.2, 0) is 22.5 Å². The number of benzene rings is 2. The number of hydrogen-bond acceptors (Lipinski definition) is 3. The molecule has 2 fully saturated rings. The Hall–Kier alpha value is -2.79. The fourth-order valence-corrected chi connectivity index (χ4v) is 5.48. The molecule has 0 bridgehead atoms. The first-order valence-electron chi connectivity index (χ1n) is 12.5. The maximum atomic E-state index is 13.3. The number of likely N-dealkylation sites (tertiary alicyclic amines) is 1. The first kappa shape index (κ1) is 28.2. The van der Waals surface area contributed by atoms with E-state index in [-0.39, 0.29) is 30.8 Å². The summed E-state index contributed by atoms with van der Waals surface area (Å²) in [5, 5.41) is 2.90. The van der Waals surface area contributed by atoms with Gasteiger partial charge in [-0.15, -0.1) is 0 Å². The topological polar surface area (TPSA) is 67.6 Å². The van der Waals surface area contributed by atoms with Crippen LogP contribution >= 0.6 is 0 Å². The molecular weight excluding hydrogens is 512 g/mol. The Bertz CT molecular complexity index is 1090. The second-order valence-electron chi connectivity index (χ2n) is 10.5. The summed E-state index contributed by atoms with van der Waals surface area (Å²) in [5.74, 6) is 0. The van der Waals surface area contributed by atoms with Crippen LogP contribution in [0.25, 0.3) is 0 Å². The smallest absolute Gasteiger partial charge is 0.373 e. The van der Waals surface area contributed by atoms with Gasteiger partial charge in [-0.2, -0.15) is 26.3 Å². The van der Waals surface area contributed by atoms with Gasteiger partial charge in [0.1, 0.15) is 0 Å². The first-order chi connectivity index (χ1) is 17.7. The highest BCUT2D eigenvalue weighted by molar-refractivity contribution is 5.74. The van der Waals surface area contributed by atoms with Crippen molar-refractivity contribution in [1.82, 2.24) is 10.2 Å². The number of amides is 2. The lowest BCUT2D eigenvalue weighted by atomic mass is 9.55. The van der Waals surface area contributed by atoms with E-state index in [2.05, 4.69) is 5.32 Å². The van der Waals surface area contributed by atoms with E-state index in [0.29, 0.717) is 38.1 Å². The number of urea groups is 1. The Balaban J connectivity index is 1.49. The molecule has 0 spiro atoms. The van der Waals surface area contributed by atoms with Crippen LogP contribution in [-0.4, -0.2) is 42.7 Å². The van der Waals surface area contributed by atoms with Gasteiger partial charge in [-0.1, -0.05) is 30.3 Å². The summed E-state index contributed by atoms with van der Waals surface area (Å²) in [6, 6.07) is 10.6. The fraction of sp³-hybridized carbons (Fsp3) is 0.519. The van der Waals surface area contributed by atoms with Crippen molar-refractivity contribution < 1.29 is 35.9 Å². The third-order valence-electron chi connectivity index (χ3n) is 7.44. The van der Waals surface area contributed by atoms with Crippen LogP contribution in [0.1, 0.15) is 61.0 Å². The highest BCUT2D eigenvalue weighted by Crippen LogP contribution is 2.50. The molecule has 1 heterocycles. The van der Waals surface area contributed by atoms with Gasteiger partial charge in [0.05, 0.1) is 23.8 Å². The zero-order valence-electron chi connectivity index (χ0n) is 21.0. The molecule has 0 aromatic heterocycles. The number of halogens is 6. The average molecular weight is 544 g/mol. The summed E-state index contributed by atoms with van der Waals surface area (Å²) in [5.41, 5.74) is 3.18. The standard InChI is InChI=1S/C27H31F6N3O2/c1-18(19-11-21(26(28,29)30)13-22(12-19)27(31,32)33)38-17-24(20-7-3-2-4-8-20)14-25(34,15-24)16-35-23(37)36-9-5-6-10-36/h2-4,7-8,11-13,18H,5-6,9-10,14-17,34H2,1H3,(H,35,37). The van der Waals surface area contributed by atoms with Crippen molar-refractivity contribution in [3.8, 4) is 0 Å². The Morgan fingerprint density at radius 2 is 1.55 bits per heavy atom. The monoisotopic (exact) mass is 543 g/mol. The highest BCUT2D eigenvalue weighted by atomic mass is 19.4. The second-order valence-corrected chi connectivity index (χ2v) is 10.5. The van der Waals surface area contributed by atoms with Crippen molar-refractivity contribution in [2.75, 3.05) is 26.2 Å². The number of ether oxygens (including phenoxy) is 1. The van der Waals surface area contributed by atoms with Crippen LogP contribution in [0.2, 0.25) is 0 Å². The van der Waals surface area contributed by atoms with Gasteiger partial charge in [-0.25, -0.2) is 4.79 Å². The number of rotatable bonds is 7. The van der Waals surface area contributed by atoms with E-state index in [1.54, 1.807) is 4.90 Å². The largest absolute Gasteiger partial charge is 0.416 e. The maximum absolute atomic E-state index is 13.3. The van der Waals surface area contributed by atoms with Crippen molar-refractivity contribution in [3.63, 3.8) is 0 Å². The van der Waals surface area contributed by atoms with Crippen molar-refractivity contribution >= 4 is 6.03 Å². The SMILES string of the molecule is CC(OCC1(c2ccccc2)CC(N)(CNC(=O)N2CCCC2)C1)c1cc(C(F)(F)F)cc(C(F)(F)F)c1. The summed E-state index contributed by atoms with van der Waals surface area (Å²) in [7, 11) is 0. The van der Waals surface area contributed by atoms with E-state index in [0.717, 1.165) is 18.4 Å². The molecule has 2 aromatic rings. The quantitative estimate of drug-likeness (QED) is 0.419. The summed E-state index contributed by atoms with van der Waals surface area (Å²) >= 11 is 0. The molecule has 5 nitrogen and oxygen atoms in total. The lowest BCUT2D eigenvalue weighted by Gasteiger charge is -2.55. The number of nitrogens with two attached hydrogens (primary N) is 1. The molecule has 1 saturated heterocycles. The van der Waals surface area contributed by atoms with Gasteiger partial charge in [0.2, 0.25) is 0 Å². The minimum absolute atomic E-state index is 0.0365. The van der Waals surface area contributed by atoms with Crippen LogP contribution in [0.15, 0.2) is 48.5 Å². The third kappa shape index (κ3) is 6.26. The van der Waals surface area contributed by atoms with Crippen LogP contribution in [0, 0.1) is 0 Å². The fourth-order valence-electron chi connectivity index (χ4n) is 5.48. The average Bonchev–Trinajstić information content (AvgIpc) is 3.39. The van der Waals surface area contributed by atoms with Gasteiger partial charge in [0.15, 0.2) is 0 Å². The van der Waals surface area contributed by atoms with Crippen molar-refractivity contribution in [1.29, 1.82) is 0 Å². The van der Waals surface area contributed by atoms with Crippen LogP contribution < -0.4 is 11.1 Å². The van der Waals surface area contributed by atoms with E-state index in [9.17, 15) is 31.1 Å². The zero-order valence-corrected chi connectivity index (χ0v) is 21.0. The minimum Gasteiger partial charge on any atom is -0.373 e. The van der Waals surface area contributed by atoms with Crippen molar-refractivity contribution in [3.05, 3.63) is 70.8 Å². The number of hydrogen-bond donors (Lipinski definition) is 2. The molecule has 208 valence electrons. The van der Waals surface area contributed by atoms with Gasteiger partial charge in [0.25, 0.3) is 0 Å². The van der Waals surface area contributed by atoms with Gasteiger partial charge in [-0.05, 0) is 61.9 Å². The number of nitrogens with one attached hydrogen (secondary N) is 1. The second kappa shape index (κ2) is 10.4. The predicted octanol–water partition coefficient (Wildman–Crippen LogP) is 6.04. The Morgan fingerprint density at radius 3 is 2.08 bits per heavy atom. The molecule has 2 amide bonds. The molecule has 1 saturated carbocycles. The van der Waals surface area contributed by atoms with E-state index >= 15 is 0 Å². The lowest BCUT2D eigenvalue weighted by Crippen LogP contribution is -2.66. The molecule has 2 aliphatic rings. The molecule has 3 N–H and O–H groups in total. The molecule has 1 aliphatic carbocycles. The molecule has 1 aliphatic heterocycles. The number of carbonyl (C=O) groups excluding carboxylic acids is 1. The summed E-state index contributed by atoms with van der Waals surface area (Å²) < 4.78 is 85.8. The van der Waals surface area contributed by atoms with Crippen molar-refractivity contribution in [2.45, 2.75) is 62.0 Å². The Morgan fingerprint density at radius 1 is 1.00 bits per heavy atom. The summed E-state index contributed by atoms with van der Waals surface area (Å²) in [6.45, 7) is 3.12. The van der Waals surface area contributed by atoms with Crippen LogP contribution in [0.4, 0.5) is 31.1 Å². The van der Waals surface area contributed by atoms with E-state index in [1.165, 1.54) is 6.92 Å². The molecule has 38 heavy (non-hydrogen) atoms. The van der Waals surface area contributed by atoms with Crippen LogP contribution in [0.5, 0.6) is 0 Å². The van der Waals surface area contributed by atoms with Gasteiger partial charge in [0, 0.05) is 30.6 Å². The molecule has 1 atom stereocenters. The molecule has 0 radical (unpaired) electrons. The van der Waals surface area contributed by atoms with Gasteiger partial charge in [-0.3, -0.25) is 0 Å².